The second kappa shape index (κ2) is 8.40. The van der Waals surface area contributed by atoms with E-state index in [0.29, 0.717) is 0 Å². The van der Waals surface area contributed by atoms with E-state index in [0.717, 1.165) is 10.0 Å². The summed E-state index contributed by atoms with van der Waals surface area (Å²) in [4.78, 5) is 23.7. The van der Waals surface area contributed by atoms with Gasteiger partial charge in [0, 0.05) is 10.5 Å². The zero-order valence-electron chi connectivity index (χ0n) is 12.8. The van der Waals surface area contributed by atoms with Gasteiger partial charge in [0.2, 0.25) is 0 Å². The highest BCUT2D eigenvalue weighted by Gasteiger charge is 2.17. The Balaban J connectivity index is 1.91. The van der Waals surface area contributed by atoms with E-state index < -0.39 is 23.8 Å². The van der Waals surface area contributed by atoms with Gasteiger partial charge < -0.3 is 10.1 Å². The highest BCUT2D eigenvalue weighted by Crippen LogP contribution is 2.14. The fourth-order valence-corrected chi connectivity index (χ4v) is 2.26. The summed E-state index contributed by atoms with van der Waals surface area (Å²) in [7, 11) is 0. The zero-order valence-corrected chi connectivity index (χ0v) is 14.4. The maximum absolute atomic E-state index is 13.5. The molecular weight excluding hydrogens is 377 g/mol. The van der Waals surface area contributed by atoms with E-state index >= 15 is 0 Å². The van der Waals surface area contributed by atoms with Crippen LogP contribution in [0.15, 0.2) is 59.1 Å². The summed E-state index contributed by atoms with van der Waals surface area (Å²) in [5.74, 6) is -1.82. The molecule has 2 aromatic carbocycles. The van der Waals surface area contributed by atoms with Gasteiger partial charge in [-0.05, 0) is 42.8 Å². The third-order valence-electron chi connectivity index (χ3n) is 3.05. The lowest BCUT2D eigenvalue weighted by molar-refractivity contribution is -0.148. The van der Waals surface area contributed by atoms with E-state index in [-0.39, 0.29) is 5.69 Å². The Hall–Kier alpha value is -2.47. The molecule has 0 radical (unpaired) electrons. The molecule has 0 fully saturated rings. The van der Waals surface area contributed by atoms with E-state index in [1.807, 2.05) is 24.3 Å². The maximum atomic E-state index is 13.5. The Morgan fingerprint density at radius 3 is 2.67 bits per heavy atom. The van der Waals surface area contributed by atoms with E-state index in [1.54, 1.807) is 12.1 Å². The minimum Gasteiger partial charge on any atom is -0.449 e. The van der Waals surface area contributed by atoms with Crippen molar-refractivity contribution in [3.63, 3.8) is 0 Å². The first-order chi connectivity index (χ1) is 11.5. The van der Waals surface area contributed by atoms with Crippen LogP contribution in [0.4, 0.5) is 10.1 Å². The predicted molar refractivity (Wildman–Crippen MR) is 93.8 cm³/mol. The Morgan fingerprint density at radius 1 is 1.21 bits per heavy atom. The number of ether oxygens (including phenoxy) is 1. The summed E-state index contributed by atoms with van der Waals surface area (Å²) in [6.07, 6.45) is 1.76. The number of halogens is 2. The molecule has 2 aromatic rings. The lowest BCUT2D eigenvalue weighted by Crippen LogP contribution is -2.29. The molecule has 1 N–H and O–H groups in total. The number of esters is 1. The minimum atomic E-state index is -1.05. The molecule has 1 atom stereocenters. The van der Waals surface area contributed by atoms with Crippen LogP contribution >= 0.6 is 15.9 Å². The van der Waals surface area contributed by atoms with Crippen LogP contribution in [0.2, 0.25) is 0 Å². The van der Waals surface area contributed by atoms with E-state index in [4.69, 9.17) is 4.74 Å². The van der Waals surface area contributed by atoms with Gasteiger partial charge in [-0.3, -0.25) is 4.79 Å². The number of carbonyl (C=O) groups is 2. The van der Waals surface area contributed by atoms with Crippen molar-refractivity contribution in [2.24, 2.45) is 0 Å². The zero-order chi connectivity index (χ0) is 17.5. The van der Waals surface area contributed by atoms with Crippen LogP contribution in [0.25, 0.3) is 6.08 Å². The molecule has 0 saturated carbocycles. The van der Waals surface area contributed by atoms with Gasteiger partial charge in [0.15, 0.2) is 6.10 Å². The number of nitrogens with one attached hydrogen (secondary N) is 1. The number of carbonyl (C=O) groups excluding carboxylic acids is 2. The fourth-order valence-electron chi connectivity index (χ4n) is 1.84. The predicted octanol–water partition coefficient (Wildman–Crippen LogP) is 4.17. The average Bonchev–Trinajstić information content (AvgIpc) is 2.55. The third-order valence-corrected chi connectivity index (χ3v) is 3.55. The first-order valence-electron chi connectivity index (χ1n) is 7.15. The van der Waals surface area contributed by atoms with Crippen molar-refractivity contribution in [3.8, 4) is 0 Å². The van der Waals surface area contributed by atoms with Gasteiger partial charge in [-0.25, -0.2) is 9.18 Å². The van der Waals surface area contributed by atoms with Gasteiger partial charge in [-0.15, -0.1) is 0 Å². The van der Waals surface area contributed by atoms with Crippen LogP contribution in [0, 0.1) is 5.82 Å². The summed E-state index contributed by atoms with van der Waals surface area (Å²) in [5, 5.41) is 2.38. The lowest BCUT2D eigenvalue weighted by atomic mass is 10.2. The second-order valence-electron chi connectivity index (χ2n) is 4.94. The molecule has 0 aromatic heterocycles. The van der Waals surface area contributed by atoms with Crippen LogP contribution in [0.3, 0.4) is 0 Å². The van der Waals surface area contributed by atoms with Gasteiger partial charge in [0.25, 0.3) is 5.91 Å². The van der Waals surface area contributed by atoms with Gasteiger partial charge in [-0.2, -0.15) is 0 Å². The molecule has 124 valence electrons. The summed E-state index contributed by atoms with van der Waals surface area (Å²) in [5.41, 5.74) is 0.847. The fraction of sp³-hybridized carbons (Fsp3) is 0.111. The first kappa shape index (κ1) is 17.9. The number of amides is 1. The molecule has 0 spiro atoms. The van der Waals surface area contributed by atoms with Crippen LogP contribution in [0.1, 0.15) is 12.5 Å². The largest absolute Gasteiger partial charge is 0.449 e. The monoisotopic (exact) mass is 391 g/mol. The summed E-state index contributed by atoms with van der Waals surface area (Å²) in [6, 6.07) is 13.1. The van der Waals surface area contributed by atoms with Gasteiger partial charge in [-0.1, -0.05) is 40.2 Å². The van der Waals surface area contributed by atoms with Crippen LogP contribution < -0.4 is 5.32 Å². The number of hydrogen-bond donors (Lipinski definition) is 1. The Morgan fingerprint density at radius 2 is 1.96 bits per heavy atom. The molecule has 0 unspecified atom stereocenters. The smallest absolute Gasteiger partial charge is 0.331 e. The lowest BCUT2D eigenvalue weighted by Gasteiger charge is -2.12. The summed E-state index contributed by atoms with van der Waals surface area (Å²) < 4.78 is 19.4. The van der Waals surface area contributed by atoms with Crippen LogP contribution in [-0.4, -0.2) is 18.0 Å². The van der Waals surface area contributed by atoms with Gasteiger partial charge >= 0.3 is 5.97 Å². The summed E-state index contributed by atoms with van der Waals surface area (Å²) in [6.45, 7) is 1.42. The van der Waals surface area contributed by atoms with E-state index in [2.05, 4.69) is 21.2 Å². The first-order valence-corrected chi connectivity index (χ1v) is 7.94. The number of para-hydroxylation sites is 1. The molecule has 0 aliphatic carbocycles. The van der Waals surface area contributed by atoms with Crippen LogP contribution in [-0.2, 0) is 14.3 Å². The molecular formula is C18H15BrFNO3. The molecule has 0 saturated heterocycles. The average molecular weight is 392 g/mol. The molecule has 0 aliphatic heterocycles. The summed E-state index contributed by atoms with van der Waals surface area (Å²) >= 11 is 3.33. The molecule has 6 heteroatoms. The quantitative estimate of drug-likeness (QED) is 0.614. The van der Waals surface area contributed by atoms with E-state index in [9.17, 15) is 14.0 Å². The maximum Gasteiger partial charge on any atom is 0.331 e. The van der Waals surface area contributed by atoms with Crippen molar-refractivity contribution in [2.45, 2.75) is 13.0 Å². The molecule has 1 amide bonds. The minimum absolute atomic E-state index is 0.0371. The normalized spacial score (nSPS) is 12.0. The topological polar surface area (TPSA) is 55.4 Å². The van der Waals surface area contributed by atoms with Crippen molar-refractivity contribution < 1.29 is 18.7 Å². The van der Waals surface area contributed by atoms with Gasteiger partial charge in [0.05, 0.1) is 5.69 Å². The molecule has 24 heavy (non-hydrogen) atoms. The van der Waals surface area contributed by atoms with Crippen molar-refractivity contribution >= 4 is 39.6 Å². The Kier molecular flexibility index (Phi) is 6.26. The second-order valence-corrected chi connectivity index (χ2v) is 5.85. The number of anilines is 1. The number of benzene rings is 2. The van der Waals surface area contributed by atoms with Crippen molar-refractivity contribution in [1.29, 1.82) is 0 Å². The molecule has 2 rings (SSSR count). The Labute approximate surface area is 147 Å². The van der Waals surface area contributed by atoms with Gasteiger partial charge in [0.1, 0.15) is 5.82 Å². The standard InChI is InChI=1S/C18H15BrFNO3/c1-12(18(23)21-16-8-3-2-7-15(16)20)24-17(22)10-9-13-5-4-6-14(19)11-13/h2-12H,1H3,(H,21,23)/b10-9+/t12-/m1/s1. The highest BCUT2D eigenvalue weighted by atomic mass is 79.9. The molecule has 0 bridgehead atoms. The third kappa shape index (κ3) is 5.31. The number of hydrogen-bond acceptors (Lipinski definition) is 3. The van der Waals surface area contributed by atoms with Crippen LogP contribution in [0.5, 0.6) is 0 Å². The van der Waals surface area contributed by atoms with Crippen molar-refractivity contribution in [3.05, 3.63) is 70.5 Å². The Bertz CT molecular complexity index is 776. The molecule has 0 heterocycles. The van der Waals surface area contributed by atoms with Crippen molar-refractivity contribution in [1.82, 2.24) is 0 Å². The number of rotatable bonds is 5. The molecule has 4 nitrogen and oxygen atoms in total. The SMILES string of the molecule is C[C@@H](OC(=O)/C=C/c1cccc(Br)c1)C(=O)Nc1ccccc1F. The van der Waals surface area contributed by atoms with E-state index in [1.165, 1.54) is 31.2 Å². The van der Waals surface area contributed by atoms with Crippen molar-refractivity contribution in [2.75, 3.05) is 5.32 Å². The molecule has 0 aliphatic rings. The highest BCUT2D eigenvalue weighted by molar-refractivity contribution is 9.10.